The van der Waals surface area contributed by atoms with Crippen LogP contribution in [0.3, 0.4) is 0 Å². The minimum atomic E-state index is -4.53. The molecule has 1 saturated carbocycles. The van der Waals surface area contributed by atoms with Crippen LogP contribution >= 0.6 is 23.2 Å². The van der Waals surface area contributed by atoms with Crippen molar-refractivity contribution in [2.75, 3.05) is 20.2 Å². The van der Waals surface area contributed by atoms with Gasteiger partial charge < -0.3 is 20.2 Å². The number of carbonyl (C=O) groups excluding carboxylic acids is 2. The lowest BCUT2D eigenvalue weighted by Gasteiger charge is -2.30. The van der Waals surface area contributed by atoms with Crippen molar-refractivity contribution >= 4 is 56.1 Å². The van der Waals surface area contributed by atoms with E-state index in [0.717, 1.165) is 51.4 Å². The number of ether oxygens (including phenoxy) is 2. The molecule has 1 saturated heterocycles. The second-order valence-electron chi connectivity index (χ2n) is 11.7. The van der Waals surface area contributed by atoms with Gasteiger partial charge in [0.2, 0.25) is 0 Å². The summed E-state index contributed by atoms with van der Waals surface area (Å²) < 4.78 is 40.2. The molecular weight excluding hydrogens is 651 g/mol. The van der Waals surface area contributed by atoms with E-state index in [2.05, 4.69) is 4.98 Å². The molecule has 0 spiro atoms. The molecule has 3 unspecified atom stereocenters. The topological polar surface area (TPSA) is 135 Å². The predicted octanol–water partition coefficient (Wildman–Crippen LogP) is 6.60. The highest BCUT2D eigenvalue weighted by molar-refractivity contribution is 7.89. The zero-order valence-corrected chi connectivity index (χ0v) is 27.4. The van der Waals surface area contributed by atoms with Gasteiger partial charge in [0.1, 0.15) is 23.3 Å². The van der Waals surface area contributed by atoms with Crippen LogP contribution < -0.4 is 15.2 Å². The summed E-state index contributed by atoms with van der Waals surface area (Å²) in [7, 11) is -3.04. The molecule has 0 radical (unpaired) electrons. The van der Waals surface area contributed by atoms with Crippen LogP contribution in [0.5, 0.6) is 17.2 Å². The second-order valence-corrected chi connectivity index (χ2v) is 14.4. The standard InChI is InChI=1S/C33H34Cl2N4O6S/c1-44-30-11-9-23(15-26(30)34)45-31-12-10-24(16-27(31)35)46(42,43)39-29(14-22-18-37-28-8-3-2-7-25(22)28)32(40)38(33(39)41)19-21-6-4-5-20(13-21)17-36/h2-3,7-12,15-16,18,20-21,29,37H,4-6,13-14,17,19,36H2,1H3. The summed E-state index contributed by atoms with van der Waals surface area (Å²) >= 11 is 12.7. The Morgan fingerprint density at radius 1 is 0.978 bits per heavy atom. The van der Waals surface area contributed by atoms with E-state index in [0.29, 0.717) is 29.0 Å². The molecule has 2 fully saturated rings. The van der Waals surface area contributed by atoms with E-state index in [9.17, 15) is 18.0 Å². The van der Waals surface area contributed by atoms with Crippen molar-refractivity contribution in [2.24, 2.45) is 17.6 Å². The predicted molar refractivity (Wildman–Crippen MR) is 176 cm³/mol. The molecule has 2 aliphatic rings. The molecule has 1 aromatic heterocycles. The quantitative estimate of drug-likeness (QED) is 0.180. The number of hydrogen-bond acceptors (Lipinski definition) is 7. The molecule has 3 atom stereocenters. The molecule has 6 rings (SSSR count). The van der Waals surface area contributed by atoms with Crippen molar-refractivity contribution in [3.05, 3.63) is 82.5 Å². The number of nitrogens with zero attached hydrogens (tertiary/aromatic N) is 2. The Labute approximate surface area is 277 Å². The van der Waals surface area contributed by atoms with Gasteiger partial charge in [-0.1, -0.05) is 47.8 Å². The summed E-state index contributed by atoms with van der Waals surface area (Å²) in [6.07, 6.45) is 5.32. The SMILES string of the molecule is COc1ccc(Oc2ccc(S(=O)(=O)N3C(=O)N(CC4CCCC(CN)C4)C(=O)C3Cc3c[nH]c4ccccc34)cc2Cl)cc1Cl. The highest BCUT2D eigenvalue weighted by Crippen LogP contribution is 2.38. The number of fused-ring (bicyclic) bond motifs is 1. The fourth-order valence-electron chi connectivity index (χ4n) is 6.46. The van der Waals surface area contributed by atoms with Crippen molar-refractivity contribution in [1.29, 1.82) is 0 Å². The summed E-state index contributed by atoms with van der Waals surface area (Å²) in [6, 6.07) is 14.1. The monoisotopic (exact) mass is 684 g/mol. The number of hydrogen-bond donors (Lipinski definition) is 2. The number of imide groups is 1. The lowest BCUT2D eigenvalue weighted by molar-refractivity contribution is -0.128. The number of halogens is 2. The van der Waals surface area contributed by atoms with Gasteiger partial charge in [0, 0.05) is 36.1 Å². The van der Waals surface area contributed by atoms with Crippen molar-refractivity contribution in [3.63, 3.8) is 0 Å². The fraction of sp³-hybridized carbons (Fsp3) is 0.333. The lowest BCUT2D eigenvalue weighted by atomic mass is 9.81. The zero-order chi connectivity index (χ0) is 32.6. The van der Waals surface area contributed by atoms with Crippen LogP contribution in [0.15, 0.2) is 71.8 Å². The zero-order valence-electron chi connectivity index (χ0n) is 25.1. The Kier molecular flexibility index (Phi) is 9.20. The Morgan fingerprint density at radius 3 is 2.46 bits per heavy atom. The van der Waals surface area contributed by atoms with Crippen LogP contribution in [0.4, 0.5) is 4.79 Å². The van der Waals surface area contributed by atoms with Crippen LogP contribution in [-0.2, 0) is 21.2 Å². The van der Waals surface area contributed by atoms with E-state index in [1.54, 1.807) is 24.4 Å². The summed E-state index contributed by atoms with van der Waals surface area (Å²) in [5, 5.41) is 1.16. The van der Waals surface area contributed by atoms with Crippen LogP contribution in [0.25, 0.3) is 10.9 Å². The molecule has 3 aromatic carbocycles. The number of sulfonamides is 1. The van der Waals surface area contributed by atoms with Crippen LogP contribution in [-0.4, -0.2) is 60.8 Å². The number of para-hydroxylation sites is 1. The van der Waals surface area contributed by atoms with Gasteiger partial charge in [-0.25, -0.2) is 17.5 Å². The third-order valence-electron chi connectivity index (χ3n) is 8.82. The Bertz CT molecular complexity index is 1900. The maximum atomic E-state index is 14.2. The number of aromatic nitrogens is 1. The van der Waals surface area contributed by atoms with Crippen molar-refractivity contribution in [2.45, 2.75) is 43.0 Å². The summed E-state index contributed by atoms with van der Waals surface area (Å²) in [5.41, 5.74) is 7.50. The molecular formula is C33H34Cl2N4O6S. The number of aromatic amines is 1. The molecule has 1 aliphatic heterocycles. The molecule has 4 aromatic rings. The fourth-order valence-corrected chi connectivity index (χ4v) is 8.53. The molecule has 3 N–H and O–H groups in total. The van der Waals surface area contributed by atoms with E-state index in [1.165, 1.54) is 25.3 Å². The van der Waals surface area contributed by atoms with E-state index < -0.39 is 28.0 Å². The van der Waals surface area contributed by atoms with Gasteiger partial charge in [-0.2, -0.15) is 0 Å². The van der Waals surface area contributed by atoms with Gasteiger partial charge >= 0.3 is 6.03 Å². The maximum Gasteiger partial charge on any atom is 0.341 e. The van der Waals surface area contributed by atoms with E-state index in [1.807, 2.05) is 24.3 Å². The molecule has 3 amide bonds. The van der Waals surface area contributed by atoms with Crippen molar-refractivity contribution < 1.29 is 27.5 Å². The van der Waals surface area contributed by atoms with E-state index >= 15 is 0 Å². The third kappa shape index (κ3) is 6.16. The van der Waals surface area contributed by atoms with Crippen molar-refractivity contribution in [1.82, 2.24) is 14.2 Å². The van der Waals surface area contributed by atoms with Gasteiger partial charge in [-0.15, -0.1) is 0 Å². The number of nitrogens with two attached hydrogens (primary N) is 1. The number of H-pyrrole nitrogens is 1. The van der Waals surface area contributed by atoms with Crippen molar-refractivity contribution in [3.8, 4) is 17.2 Å². The second kappa shape index (κ2) is 13.2. The number of rotatable bonds is 10. The average Bonchev–Trinajstić information content (AvgIpc) is 3.56. The van der Waals surface area contributed by atoms with Gasteiger partial charge in [0.15, 0.2) is 0 Å². The summed E-state index contributed by atoms with van der Waals surface area (Å²) in [4.78, 5) is 32.0. The van der Waals surface area contributed by atoms with Gasteiger partial charge in [0.25, 0.3) is 15.9 Å². The normalized spacial score (nSPS) is 20.5. The highest BCUT2D eigenvalue weighted by atomic mass is 35.5. The first-order chi connectivity index (χ1) is 22.1. The molecule has 2 heterocycles. The number of nitrogens with one attached hydrogen (secondary N) is 1. The number of urea groups is 1. The highest BCUT2D eigenvalue weighted by Gasteiger charge is 2.52. The maximum absolute atomic E-state index is 14.2. The van der Waals surface area contributed by atoms with Gasteiger partial charge in [0.05, 0.1) is 22.1 Å². The van der Waals surface area contributed by atoms with Crippen LogP contribution in [0.2, 0.25) is 10.0 Å². The lowest BCUT2D eigenvalue weighted by Crippen LogP contribution is -2.41. The minimum Gasteiger partial charge on any atom is -0.495 e. The minimum absolute atomic E-state index is 0.00750. The first kappa shape index (κ1) is 32.2. The number of benzene rings is 3. The Morgan fingerprint density at radius 2 is 1.72 bits per heavy atom. The largest absolute Gasteiger partial charge is 0.495 e. The van der Waals surface area contributed by atoms with E-state index in [4.69, 9.17) is 38.4 Å². The van der Waals surface area contributed by atoms with Crippen LogP contribution in [0, 0.1) is 11.8 Å². The van der Waals surface area contributed by atoms with Gasteiger partial charge in [-0.3, -0.25) is 9.69 Å². The van der Waals surface area contributed by atoms with E-state index in [-0.39, 0.29) is 34.6 Å². The number of carbonyl (C=O) groups is 2. The molecule has 13 heteroatoms. The first-order valence-electron chi connectivity index (χ1n) is 15.1. The molecule has 242 valence electrons. The van der Waals surface area contributed by atoms with Gasteiger partial charge in [-0.05, 0) is 79.6 Å². The third-order valence-corrected chi connectivity index (χ3v) is 11.2. The number of methoxy groups -OCH3 is 1. The first-order valence-corrected chi connectivity index (χ1v) is 17.3. The molecule has 46 heavy (non-hydrogen) atoms. The Balaban J connectivity index is 1.32. The average molecular weight is 686 g/mol. The van der Waals surface area contributed by atoms with Crippen LogP contribution in [0.1, 0.15) is 31.2 Å². The summed E-state index contributed by atoms with van der Waals surface area (Å²) in [5.74, 6) is 0.808. The smallest absolute Gasteiger partial charge is 0.341 e. The molecule has 0 bridgehead atoms. The number of amides is 3. The Hall–Kier alpha value is -3.77. The molecule has 10 nitrogen and oxygen atoms in total. The summed E-state index contributed by atoms with van der Waals surface area (Å²) in [6.45, 7) is 0.677. The molecule has 1 aliphatic carbocycles.